The second kappa shape index (κ2) is 15.3. The van der Waals surface area contributed by atoms with Crippen LogP contribution in [0.5, 0.6) is 5.75 Å². The average molecular weight is 698 g/mol. The normalized spacial score (nSPS) is 21.3. The van der Waals surface area contributed by atoms with Crippen molar-refractivity contribution < 1.29 is 36.2 Å². The number of sulfonamides is 2. The highest BCUT2D eigenvalue weighted by atomic mass is 32.2. The molecule has 2 N–H and O–H groups in total. The van der Waals surface area contributed by atoms with Gasteiger partial charge in [-0.05, 0) is 62.8 Å². The summed E-state index contributed by atoms with van der Waals surface area (Å²) in [6.07, 6.45) is 4.12. The van der Waals surface area contributed by atoms with Gasteiger partial charge < -0.3 is 24.0 Å². The molecule has 0 saturated heterocycles. The number of rotatable bonds is 9. The second-order valence-corrected chi connectivity index (χ2v) is 16.6. The molecule has 0 radical (unpaired) electrons. The quantitative estimate of drug-likeness (QED) is 0.342. The van der Waals surface area contributed by atoms with Crippen LogP contribution in [0.15, 0.2) is 57.5 Å². The van der Waals surface area contributed by atoms with E-state index in [1.54, 1.807) is 42.1 Å². The fourth-order valence-electron chi connectivity index (χ4n) is 5.10. The molecule has 46 heavy (non-hydrogen) atoms. The van der Waals surface area contributed by atoms with Gasteiger partial charge in [0.1, 0.15) is 9.96 Å². The molecule has 254 valence electrons. The molecule has 1 aliphatic heterocycles. The number of hydrogen-bond acceptors (Lipinski definition) is 10. The number of amides is 1. The number of aliphatic hydroxyl groups excluding tert-OH is 1. The monoisotopic (exact) mass is 697 g/mol. The summed E-state index contributed by atoms with van der Waals surface area (Å²) < 4.78 is 70.4. The minimum Gasteiger partial charge on any atom is -0.490 e. The van der Waals surface area contributed by atoms with Crippen LogP contribution in [0.3, 0.4) is 0 Å². The summed E-state index contributed by atoms with van der Waals surface area (Å²) >= 11 is 1.08. The number of carbonyl (C=O) groups excluding carboxylic acids is 1. The van der Waals surface area contributed by atoms with E-state index in [9.17, 15) is 26.7 Å². The molecule has 13 nitrogen and oxygen atoms in total. The van der Waals surface area contributed by atoms with Gasteiger partial charge in [0.25, 0.3) is 26.0 Å². The fraction of sp³-hybridized carbons (Fsp3) is 0.533. The standard InChI is InChI=1S/C30H43N5O8S3/c1-21-16-35(22(2)19-36)30(37)25-15-24(32-45(38,39)29-10-8-14-44-29)11-12-26(25)43-23(3)9-6-7-13-42-27(21)17-34(5)46(40,41)28-18-33(4)20-31-28/h8,10-12,14-15,18,20-23,27,32,36H,6-7,9,13,16-17,19H2,1-5H3/t21-,22+,23-,27-/m1/s1. The number of fused-ring (bicyclic) bond motifs is 1. The molecule has 16 heteroatoms. The van der Waals surface area contributed by atoms with Crippen molar-refractivity contribution in [3.63, 3.8) is 0 Å². The molecule has 3 aromatic rings. The van der Waals surface area contributed by atoms with Crippen LogP contribution in [-0.4, -0.2) is 98.2 Å². The van der Waals surface area contributed by atoms with Crippen molar-refractivity contribution in [2.45, 2.75) is 67.5 Å². The molecule has 0 spiro atoms. The molecule has 3 heterocycles. The molecule has 0 unspecified atom stereocenters. The Bertz CT molecular complexity index is 1680. The van der Waals surface area contributed by atoms with Gasteiger partial charge in [0.05, 0.1) is 36.7 Å². The van der Waals surface area contributed by atoms with Gasteiger partial charge in [-0.1, -0.05) is 13.0 Å². The number of anilines is 1. The molecule has 0 aliphatic carbocycles. The van der Waals surface area contributed by atoms with Gasteiger partial charge >= 0.3 is 0 Å². The van der Waals surface area contributed by atoms with Gasteiger partial charge in [0, 0.05) is 51.6 Å². The topological polar surface area (TPSA) is 160 Å². The summed E-state index contributed by atoms with van der Waals surface area (Å²) in [4.78, 5) is 19.8. The maximum absolute atomic E-state index is 14.3. The number of ether oxygens (including phenoxy) is 2. The first-order valence-corrected chi connectivity index (χ1v) is 18.9. The van der Waals surface area contributed by atoms with Crippen molar-refractivity contribution in [3.8, 4) is 5.75 Å². The summed E-state index contributed by atoms with van der Waals surface area (Å²) in [5, 5.41) is 11.8. The minimum atomic E-state index is -3.90. The zero-order valence-electron chi connectivity index (χ0n) is 26.7. The fourth-order valence-corrected chi connectivity index (χ4v) is 8.29. The Morgan fingerprint density at radius 3 is 2.61 bits per heavy atom. The lowest BCUT2D eigenvalue weighted by Crippen LogP contribution is -2.48. The predicted molar refractivity (Wildman–Crippen MR) is 175 cm³/mol. The van der Waals surface area contributed by atoms with Crippen molar-refractivity contribution in [3.05, 3.63) is 53.8 Å². The maximum Gasteiger partial charge on any atom is 0.271 e. The first kappa shape index (κ1) is 35.8. The maximum atomic E-state index is 14.3. The third-order valence-corrected chi connectivity index (χ3v) is 12.3. The molecule has 0 saturated carbocycles. The smallest absolute Gasteiger partial charge is 0.271 e. The largest absolute Gasteiger partial charge is 0.490 e. The Balaban J connectivity index is 1.67. The molecule has 2 aromatic heterocycles. The van der Waals surface area contributed by atoms with E-state index in [4.69, 9.17) is 9.47 Å². The number of imidazole rings is 1. The van der Waals surface area contributed by atoms with Gasteiger partial charge in [-0.3, -0.25) is 9.52 Å². The number of carbonyl (C=O) groups is 1. The van der Waals surface area contributed by atoms with Gasteiger partial charge in [-0.25, -0.2) is 21.8 Å². The third-order valence-electron chi connectivity index (χ3n) is 7.86. The van der Waals surface area contributed by atoms with E-state index in [-0.39, 0.29) is 52.2 Å². The number of benzene rings is 1. The van der Waals surface area contributed by atoms with Crippen LogP contribution in [0.4, 0.5) is 5.69 Å². The third kappa shape index (κ3) is 8.66. The summed E-state index contributed by atoms with van der Waals surface area (Å²) in [6, 6.07) is 7.08. The van der Waals surface area contributed by atoms with E-state index in [2.05, 4.69) is 9.71 Å². The highest BCUT2D eigenvalue weighted by molar-refractivity contribution is 7.94. The highest BCUT2D eigenvalue weighted by Crippen LogP contribution is 2.30. The van der Waals surface area contributed by atoms with Crippen LogP contribution in [0.2, 0.25) is 0 Å². The van der Waals surface area contributed by atoms with Crippen molar-refractivity contribution in [1.82, 2.24) is 18.8 Å². The van der Waals surface area contributed by atoms with Crippen molar-refractivity contribution >= 4 is 43.0 Å². The van der Waals surface area contributed by atoms with E-state index in [1.807, 2.05) is 13.8 Å². The number of aryl methyl sites for hydroxylation is 1. The molecule has 1 amide bonds. The van der Waals surface area contributed by atoms with Gasteiger partial charge in [0.2, 0.25) is 0 Å². The first-order chi connectivity index (χ1) is 21.7. The number of thiophene rings is 1. The van der Waals surface area contributed by atoms with Crippen molar-refractivity contribution in [2.75, 3.05) is 38.1 Å². The van der Waals surface area contributed by atoms with E-state index in [0.717, 1.165) is 17.8 Å². The number of hydrogen-bond donors (Lipinski definition) is 2. The second-order valence-electron chi connectivity index (χ2n) is 11.7. The van der Waals surface area contributed by atoms with Crippen molar-refractivity contribution in [2.24, 2.45) is 13.0 Å². The minimum absolute atomic E-state index is 0.0142. The van der Waals surface area contributed by atoms with Crippen LogP contribution >= 0.6 is 11.3 Å². The van der Waals surface area contributed by atoms with E-state index >= 15 is 0 Å². The highest BCUT2D eigenvalue weighted by Gasteiger charge is 2.33. The summed E-state index contributed by atoms with van der Waals surface area (Å²) in [6.45, 7) is 5.64. The zero-order valence-corrected chi connectivity index (χ0v) is 29.1. The van der Waals surface area contributed by atoms with Crippen LogP contribution < -0.4 is 9.46 Å². The molecule has 4 atom stereocenters. The Morgan fingerprint density at radius 2 is 1.96 bits per heavy atom. The van der Waals surface area contributed by atoms with Gasteiger partial charge in [0.15, 0.2) is 5.03 Å². The zero-order chi connectivity index (χ0) is 33.6. The van der Waals surface area contributed by atoms with Gasteiger partial charge in [-0.15, -0.1) is 11.3 Å². The number of nitrogens with zero attached hydrogens (tertiary/aromatic N) is 4. The number of aromatic nitrogens is 2. The van der Waals surface area contributed by atoms with E-state index < -0.39 is 38.1 Å². The predicted octanol–water partition coefficient (Wildman–Crippen LogP) is 3.40. The molecular formula is C30H43N5O8S3. The lowest BCUT2D eigenvalue weighted by Gasteiger charge is -2.35. The number of aliphatic hydroxyl groups is 1. The van der Waals surface area contributed by atoms with Crippen LogP contribution in [0, 0.1) is 5.92 Å². The van der Waals surface area contributed by atoms with Crippen LogP contribution in [0.25, 0.3) is 0 Å². The Hall–Kier alpha value is -3.02. The van der Waals surface area contributed by atoms with Crippen LogP contribution in [0.1, 0.15) is 50.4 Å². The van der Waals surface area contributed by atoms with Crippen LogP contribution in [-0.2, 0) is 31.8 Å². The lowest BCUT2D eigenvalue weighted by atomic mass is 10.0. The summed E-state index contributed by atoms with van der Waals surface area (Å²) in [5.41, 5.74) is 0.320. The first-order valence-electron chi connectivity index (χ1n) is 15.1. The Labute approximate surface area is 275 Å². The Morgan fingerprint density at radius 1 is 1.20 bits per heavy atom. The van der Waals surface area contributed by atoms with Gasteiger partial charge in [-0.2, -0.15) is 4.31 Å². The van der Waals surface area contributed by atoms with E-state index in [1.165, 1.54) is 40.9 Å². The molecular weight excluding hydrogens is 655 g/mol. The molecule has 0 fully saturated rings. The van der Waals surface area contributed by atoms with Crippen molar-refractivity contribution in [1.29, 1.82) is 0 Å². The van der Waals surface area contributed by atoms with E-state index in [0.29, 0.717) is 25.2 Å². The lowest BCUT2D eigenvalue weighted by molar-refractivity contribution is -0.00835. The Kier molecular flexibility index (Phi) is 11.9. The molecule has 1 aromatic carbocycles. The summed E-state index contributed by atoms with van der Waals surface area (Å²) in [5.74, 6) is -0.547. The number of likely N-dealkylation sites (N-methyl/N-ethyl adjacent to an activating group) is 1. The molecule has 0 bridgehead atoms. The average Bonchev–Trinajstić information content (AvgIpc) is 3.72. The molecule has 1 aliphatic rings. The molecule has 4 rings (SSSR count). The SMILES string of the molecule is C[C@@H]1CCCCO[C@H](CN(C)S(=O)(=O)c2cn(C)cn2)[C@H](C)CN([C@@H](C)CO)C(=O)c2cc(NS(=O)(=O)c3cccs3)ccc2O1. The summed E-state index contributed by atoms with van der Waals surface area (Å²) in [7, 11) is -4.62. The number of nitrogens with one attached hydrogen (secondary N) is 1.